The van der Waals surface area contributed by atoms with Crippen LogP contribution in [0.2, 0.25) is 0 Å². The minimum atomic E-state index is -1.45. The number of aliphatic carboxylic acids is 2. The molecule has 0 saturated heterocycles. The van der Waals surface area contributed by atoms with Gasteiger partial charge in [-0.3, -0.25) is 43.2 Å². The van der Waals surface area contributed by atoms with Crippen LogP contribution in [0.4, 0.5) is 0 Å². The third kappa shape index (κ3) is 16.6. The van der Waals surface area contributed by atoms with E-state index in [1.54, 1.807) is 13.8 Å². The first kappa shape index (κ1) is 34.2. The Balaban J connectivity index is 4.75. The summed E-state index contributed by atoms with van der Waals surface area (Å²) in [5.74, 6) is -8.16. The number of hydrogen-bond acceptors (Lipinski definition) is 9. The van der Waals surface area contributed by atoms with E-state index in [1.165, 1.54) is 0 Å². The molecule has 0 aliphatic carbocycles. The minimum absolute atomic E-state index is 0.142. The number of carboxylic acids is 2. The number of amides is 7. The molecule has 218 valence electrons. The number of carbonyl (C=O) groups is 9. The van der Waals surface area contributed by atoms with Crippen LogP contribution >= 0.6 is 0 Å². The predicted octanol–water partition coefficient (Wildman–Crippen LogP) is -5.18. The van der Waals surface area contributed by atoms with E-state index in [0.717, 1.165) is 0 Å². The molecule has 0 fully saturated rings. The fourth-order valence-electron chi connectivity index (χ4n) is 2.63. The van der Waals surface area contributed by atoms with Gasteiger partial charge in [0.05, 0.1) is 26.2 Å². The van der Waals surface area contributed by atoms with Crippen molar-refractivity contribution < 1.29 is 53.4 Å². The topological polar surface area (TPSA) is 261 Å². The molecule has 0 aromatic heterocycles. The summed E-state index contributed by atoms with van der Waals surface area (Å²) in [6, 6.07) is 0. The highest BCUT2D eigenvalue weighted by Crippen LogP contribution is 1.92. The van der Waals surface area contributed by atoms with E-state index in [1.807, 2.05) is 0 Å². The van der Waals surface area contributed by atoms with Gasteiger partial charge in [0.2, 0.25) is 41.4 Å². The largest absolute Gasteiger partial charge is 0.480 e. The molecule has 0 unspecified atom stereocenters. The number of carboxylic acid groups (broad SMARTS) is 2. The summed E-state index contributed by atoms with van der Waals surface area (Å²) in [4.78, 5) is 106. The predicted molar refractivity (Wildman–Crippen MR) is 129 cm³/mol. The van der Waals surface area contributed by atoms with Crippen molar-refractivity contribution in [2.45, 2.75) is 20.3 Å². The van der Waals surface area contributed by atoms with E-state index >= 15 is 0 Å². The third-order valence-electron chi connectivity index (χ3n) is 4.49. The van der Waals surface area contributed by atoms with Crippen molar-refractivity contribution in [3.05, 3.63) is 0 Å². The van der Waals surface area contributed by atoms with Crippen LogP contribution in [-0.4, -0.2) is 132 Å². The summed E-state index contributed by atoms with van der Waals surface area (Å²) in [6.45, 7) is -1.97. The number of nitrogens with zero attached hydrogens (tertiary/aromatic N) is 2. The molecule has 0 rings (SSSR count). The first-order chi connectivity index (χ1) is 18.3. The summed E-state index contributed by atoms with van der Waals surface area (Å²) < 4.78 is 0. The molecule has 7 N–H and O–H groups in total. The van der Waals surface area contributed by atoms with Crippen LogP contribution in [0.5, 0.6) is 0 Å². The monoisotopic (exact) mass is 559 g/mol. The average Bonchev–Trinajstić information content (AvgIpc) is 2.86. The van der Waals surface area contributed by atoms with Gasteiger partial charge in [0, 0.05) is 13.0 Å². The highest BCUT2D eigenvalue weighted by molar-refractivity contribution is 5.94. The Hall–Kier alpha value is -4.77. The van der Waals surface area contributed by atoms with Gasteiger partial charge in [0.25, 0.3) is 0 Å². The van der Waals surface area contributed by atoms with Gasteiger partial charge in [0.1, 0.15) is 26.2 Å². The molecule has 18 heteroatoms. The second kappa shape index (κ2) is 18.5. The van der Waals surface area contributed by atoms with Gasteiger partial charge >= 0.3 is 11.9 Å². The second-order valence-corrected chi connectivity index (χ2v) is 7.70. The van der Waals surface area contributed by atoms with Gasteiger partial charge in [-0.25, -0.2) is 0 Å². The van der Waals surface area contributed by atoms with E-state index in [0.29, 0.717) is 9.80 Å². The van der Waals surface area contributed by atoms with Crippen molar-refractivity contribution in [2.24, 2.45) is 0 Å². The van der Waals surface area contributed by atoms with Crippen LogP contribution in [-0.2, 0) is 43.2 Å². The van der Waals surface area contributed by atoms with Gasteiger partial charge < -0.3 is 46.6 Å². The van der Waals surface area contributed by atoms with Crippen LogP contribution < -0.4 is 26.6 Å². The lowest BCUT2D eigenvalue weighted by Crippen LogP contribution is -2.50. The van der Waals surface area contributed by atoms with Crippen molar-refractivity contribution in [3.8, 4) is 0 Å². The maximum Gasteiger partial charge on any atom is 0.323 e. The number of nitrogens with one attached hydrogen (secondary N) is 5. The van der Waals surface area contributed by atoms with Gasteiger partial charge in [-0.1, -0.05) is 6.92 Å². The van der Waals surface area contributed by atoms with Crippen LogP contribution in [0.1, 0.15) is 20.3 Å². The Labute approximate surface area is 222 Å². The highest BCUT2D eigenvalue weighted by Gasteiger charge is 2.22. The third-order valence-corrected chi connectivity index (χ3v) is 4.49. The Morgan fingerprint density at radius 3 is 1.21 bits per heavy atom. The zero-order valence-electron chi connectivity index (χ0n) is 21.5. The van der Waals surface area contributed by atoms with E-state index in [9.17, 15) is 43.2 Å². The highest BCUT2D eigenvalue weighted by atomic mass is 16.4. The zero-order valence-corrected chi connectivity index (χ0v) is 21.5. The van der Waals surface area contributed by atoms with E-state index < -0.39 is 106 Å². The van der Waals surface area contributed by atoms with Gasteiger partial charge in [-0.2, -0.15) is 0 Å². The molecule has 0 saturated carbocycles. The maximum absolute atomic E-state index is 12.3. The Kier molecular flexibility index (Phi) is 16.2. The van der Waals surface area contributed by atoms with E-state index in [4.69, 9.17) is 10.2 Å². The van der Waals surface area contributed by atoms with Gasteiger partial charge in [-0.05, 0) is 6.92 Å². The first-order valence-corrected chi connectivity index (χ1v) is 11.6. The van der Waals surface area contributed by atoms with Crippen molar-refractivity contribution in [1.29, 1.82) is 0 Å². The summed E-state index contributed by atoms with van der Waals surface area (Å²) in [5, 5.41) is 29.0. The molecule has 0 aliphatic rings. The fraction of sp³-hybridized carbons (Fsp3) is 0.571. The van der Waals surface area contributed by atoms with Crippen molar-refractivity contribution in [3.63, 3.8) is 0 Å². The molecule has 0 radical (unpaired) electrons. The van der Waals surface area contributed by atoms with Crippen LogP contribution in [0.25, 0.3) is 0 Å². The van der Waals surface area contributed by atoms with E-state index in [-0.39, 0.29) is 13.0 Å². The zero-order chi connectivity index (χ0) is 30.0. The molecule has 0 heterocycles. The minimum Gasteiger partial charge on any atom is -0.480 e. The summed E-state index contributed by atoms with van der Waals surface area (Å²) >= 11 is 0. The quantitative estimate of drug-likeness (QED) is 0.0834. The molecule has 0 aromatic rings. The first-order valence-electron chi connectivity index (χ1n) is 11.6. The van der Waals surface area contributed by atoms with Gasteiger partial charge in [-0.15, -0.1) is 0 Å². The molecule has 0 aliphatic heterocycles. The van der Waals surface area contributed by atoms with Gasteiger partial charge in [0.15, 0.2) is 0 Å². The molecule has 0 atom stereocenters. The van der Waals surface area contributed by atoms with Crippen molar-refractivity contribution in [1.82, 2.24) is 36.4 Å². The smallest absolute Gasteiger partial charge is 0.323 e. The fourth-order valence-corrected chi connectivity index (χ4v) is 2.63. The molecule has 39 heavy (non-hydrogen) atoms. The molecule has 0 bridgehead atoms. The molecule has 18 nitrogen and oxygen atoms in total. The van der Waals surface area contributed by atoms with Crippen LogP contribution in [0.3, 0.4) is 0 Å². The van der Waals surface area contributed by atoms with Crippen LogP contribution in [0.15, 0.2) is 0 Å². The Morgan fingerprint density at radius 2 is 0.846 bits per heavy atom. The van der Waals surface area contributed by atoms with Crippen molar-refractivity contribution >= 4 is 53.3 Å². The molecule has 0 spiro atoms. The van der Waals surface area contributed by atoms with Crippen LogP contribution in [0, 0.1) is 0 Å². The SMILES string of the molecule is CCNC(=O)CN(CC(=O)O)C(=O)CNC(=O)CNC(=O)CN(CC(=O)O)C(=O)CNC(=O)CNC(=O)CC. The number of likely N-dealkylation sites (N-methyl/N-ethyl adjacent to an activating group) is 1. The Morgan fingerprint density at radius 1 is 0.487 bits per heavy atom. The number of carbonyl (C=O) groups excluding carboxylic acids is 7. The lowest BCUT2D eigenvalue weighted by atomic mass is 10.3. The lowest BCUT2D eigenvalue weighted by Gasteiger charge is -2.21. The molecule has 7 amide bonds. The molecular formula is C21H33N7O11. The Bertz CT molecular complexity index is 955. The summed E-state index contributed by atoms with van der Waals surface area (Å²) in [7, 11) is 0. The standard InChI is InChI=1S/C21H33N7O11/c1-3-13(29)23-5-14(30)25-8-19(35)28(12-21(38)39)10-17(33)24-6-15(31)26-7-18(34)27(11-20(36)37)9-16(32)22-4-2/h3-12H2,1-2H3,(H,22,32)(H,23,29)(H,24,33)(H,25,30)(H,26,31)(H,36,37)(H,38,39). The molecule has 0 aromatic carbocycles. The summed E-state index contributed by atoms with van der Waals surface area (Å²) in [5.41, 5.74) is 0. The number of hydrogen-bond donors (Lipinski definition) is 7. The lowest BCUT2D eigenvalue weighted by molar-refractivity contribution is -0.146. The van der Waals surface area contributed by atoms with E-state index in [2.05, 4.69) is 26.6 Å². The molecular weight excluding hydrogens is 526 g/mol. The number of rotatable bonds is 18. The normalized spacial score (nSPS) is 9.90. The van der Waals surface area contributed by atoms with Crippen molar-refractivity contribution in [2.75, 3.05) is 58.9 Å². The summed E-state index contributed by atoms with van der Waals surface area (Å²) in [6.07, 6.45) is 0.142. The second-order valence-electron chi connectivity index (χ2n) is 7.70. The average molecular weight is 560 g/mol. The maximum atomic E-state index is 12.3.